The molecule has 0 aliphatic rings. The molecule has 8 nitrogen and oxygen atoms in total. The predicted molar refractivity (Wildman–Crippen MR) is 104 cm³/mol. The Morgan fingerprint density at radius 3 is 2.41 bits per heavy atom. The minimum Gasteiger partial charge on any atom is -0.462 e. The number of hydrogen-bond acceptors (Lipinski definition) is 7. The lowest BCUT2D eigenvalue weighted by Crippen LogP contribution is -2.21. The molecule has 0 radical (unpaired) electrons. The fourth-order valence-electron chi connectivity index (χ4n) is 2.51. The predicted octanol–water partition coefficient (Wildman–Crippen LogP) is 2.77. The SMILES string of the molecule is CCOC(=O)c1ccc(NC(=O)COC(=O)c2cc(=O)c3ccccc3o2)cc1. The van der Waals surface area contributed by atoms with Crippen LogP contribution in [-0.2, 0) is 14.3 Å². The highest BCUT2D eigenvalue weighted by Crippen LogP contribution is 2.13. The van der Waals surface area contributed by atoms with Gasteiger partial charge in [0.25, 0.3) is 5.91 Å². The number of fused-ring (bicyclic) bond motifs is 1. The Labute approximate surface area is 165 Å². The van der Waals surface area contributed by atoms with Crippen LogP contribution in [0, 0.1) is 0 Å². The number of benzene rings is 2. The van der Waals surface area contributed by atoms with E-state index in [2.05, 4.69) is 5.32 Å². The van der Waals surface area contributed by atoms with Crippen molar-refractivity contribution in [1.82, 2.24) is 0 Å². The van der Waals surface area contributed by atoms with Gasteiger partial charge in [-0.3, -0.25) is 9.59 Å². The van der Waals surface area contributed by atoms with Gasteiger partial charge in [0.15, 0.2) is 12.0 Å². The lowest BCUT2D eigenvalue weighted by molar-refractivity contribution is -0.119. The zero-order valence-corrected chi connectivity index (χ0v) is 15.5. The standard InChI is InChI=1S/C21H17NO7/c1-2-27-20(25)13-7-9-14(10-8-13)22-19(24)12-28-21(26)18-11-16(23)15-5-3-4-6-17(15)29-18/h3-11H,2,12H2,1H3,(H,22,24). The number of nitrogens with one attached hydrogen (secondary N) is 1. The Bertz CT molecular complexity index is 1120. The van der Waals surface area contributed by atoms with E-state index in [1.807, 2.05) is 0 Å². The molecule has 1 amide bonds. The van der Waals surface area contributed by atoms with Crippen molar-refractivity contribution in [1.29, 1.82) is 0 Å². The second kappa shape index (κ2) is 8.83. The molecule has 0 spiro atoms. The Morgan fingerprint density at radius 1 is 0.966 bits per heavy atom. The summed E-state index contributed by atoms with van der Waals surface area (Å²) in [5, 5.41) is 2.87. The van der Waals surface area contributed by atoms with E-state index in [4.69, 9.17) is 13.9 Å². The van der Waals surface area contributed by atoms with Crippen molar-refractivity contribution in [3.8, 4) is 0 Å². The van der Waals surface area contributed by atoms with Gasteiger partial charge < -0.3 is 19.2 Å². The summed E-state index contributed by atoms with van der Waals surface area (Å²) in [6.45, 7) is 1.39. The average Bonchev–Trinajstić information content (AvgIpc) is 2.72. The summed E-state index contributed by atoms with van der Waals surface area (Å²) >= 11 is 0. The molecule has 0 aliphatic carbocycles. The highest BCUT2D eigenvalue weighted by Gasteiger charge is 2.15. The second-order valence-electron chi connectivity index (χ2n) is 5.89. The van der Waals surface area contributed by atoms with Gasteiger partial charge >= 0.3 is 11.9 Å². The van der Waals surface area contributed by atoms with E-state index < -0.39 is 24.5 Å². The summed E-state index contributed by atoms with van der Waals surface area (Å²) < 4.78 is 15.1. The number of para-hydroxylation sites is 1. The van der Waals surface area contributed by atoms with Crippen LogP contribution in [0.4, 0.5) is 5.69 Å². The third-order valence-corrected chi connectivity index (χ3v) is 3.85. The smallest absolute Gasteiger partial charge is 0.374 e. The van der Waals surface area contributed by atoms with Crippen LogP contribution in [0.2, 0.25) is 0 Å². The molecule has 1 aromatic heterocycles. The zero-order chi connectivity index (χ0) is 20.8. The molecule has 1 heterocycles. The van der Waals surface area contributed by atoms with E-state index in [1.54, 1.807) is 31.2 Å². The maximum Gasteiger partial charge on any atom is 0.374 e. The lowest BCUT2D eigenvalue weighted by atomic mass is 10.2. The van der Waals surface area contributed by atoms with Gasteiger partial charge in [0.1, 0.15) is 5.58 Å². The van der Waals surface area contributed by atoms with Crippen molar-refractivity contribution < 1.29 is 28.3 Å². The first-order valence-corrected chi connectivity index (χ1v) is 8.75. The van der Waals surface area contributed by atoms with Gasteiger partial charge in [0.05, 0.1) is 17.6 Å². The molecule has 8 heteroatoms. The highest BCUT2D eigenvalue weighted by molar-refractivity contribution is 5.96. The third-order valence-electron chi connectivity index (χ3n) is 3.85. The Balaban J connectivity index is 1.58. The molecule has 1 N–H and O–H groups in total. The van der Waals surface area contributed by atoms with Crippen LogP contribution in [0.5, 0.6) is 0 Å². The first-order chi connectivity index (χ1) is 14.0. The van der Waals surface area contributed by atoms with Crippen LogP contribution in [0.15, 0.2) is 63.8 Å². The molecule has 2 aromatic carbocycles. The van der Waals surface area contributed by atoms with E-state index >= 15 is 0 Å². The number of rotatable bonds is 6. The summed E-state index contributed by atoms with van der Waals surface area (Å²) in [7, 11) is 0. The number of anilines is 1. The van der Waals surface area contributed by atoms with Gasteiger partial charge in [-0.05, 0) is 43.3 Å². The molecule has 29 heavy (non-hydrogen) atoms. The molecule has 3 rings (SSSR count). The maximum absolute atomic E-state index is 12.1. The third kappa shape index (κ3) is 4.86. The van der Waals surface area contributed by atoms with Crippen molar-refractivity contribution in [2.75, 3.05) is 18.5 Å². The fraction of sp³-hybridized carbons (Fsp3) is 0.143. The van der Waals surface area contributed by atoms with Crippen LogP contribution < -0.4 is 10.7 Å². The average molecular weight is 395 g/mol. The Hall–Kier alpha value is -3.94. The zero-order valence-electron chi connectivity index (χ0n) is 15.5. The first kappa shape index (κ1) is 19.8. The van der Waals surface area contributed by atoms with Crippen LogP contribution in [0.3, 0.4) is 0 Å². The minimum atomic E-state index is -0.930. The van der Waals surface area contributed by atoms with Crippen molar-refractivity contribution in [2.24, 2.45) is 0 Å². The van der Waals surface area contributed by atoms with Gasteiger partial charge in [0.2, 0.25) is 5.76 Å². The molecule has 0 fully saturated rings. The van der Waals surface area contributed by atoms with E-state index in [0.717, 1.165) is 6.07 Å². The molecule has 0 atom stereocenters. The topological polar surface area (TPSA) is 112 Å². The van der Waals surface area contributed by atoms with Crippen LogP contribution in [0.25, 0.3) is 11.0 Å². The van der Waals surface area contributed by atoms with Gasteiger partial charge in [-0.2, -0.15) is 0 Å². The van der Waals surface area contributed by atoms with Gasteiger partial charge in [-0.1, -0.05) is 12.1 Å². The number of carbonyl (C=O) groups is 3. The van der Waals surface area contributed by atoms with Crippen molar-refractivity contribution in [3.63, 3.8) is 0 Å². The van der Waals surface area contributed by atoms with Crippen molar-refractivity contribution >= 4 is 34.5 Å². The highest BCUT2D eigenvalue weighted by atomic mass is 16.5. The molecule has 0 unspecified atom stereocenters. The molecule has 3 aromatic rings. The number of ether oxygens (including phenoxy) is 2. The molecule has 0 aliphatic heterocycles. The number of esters is 2. The van der Waals surface area contributed by atoms with Crippen molar-refractivity contribution in [2.45, 2.75) is 6.92 Å². The fourth-order valence-corrected chi connectivity index (χ4v) is 2.51. The number of hydrogen-bond donors (Lipinski definition) is 1. The normalized spacial score (nSPS) is 10.4. The van der Waals surface area contributed by atoms with E-state index in [0.29, 0.717) is 16.6 Å². The quantitative estimate of drug-likeness (QED) is 0.639. The summed E-state index contributed by atoms with van der Waals surface area (Å²) in [5.74, 6) is -2.28. The van der Waals surface area contributed by atoms with E-state index in [-0.39, 0.29) is 23.4 Å². The van der Waals surface area contributed by atoms with Crippen LogP contribution in [0.1, 0.15) is 27.8 Å². The largest absolute Gasteiger partial charge is 0.462 e. The monoisotopic (exact) mass is 395 g/mol. The first-order valence-electron chi connectivity index (χ1n) is 8.75. The summed E-state index contributed by atoms with van der Waals surface area (Å²) in [4.78, 5) is 47.7. The molecular formula is C21H17NO7. The van der Waals surface area contributed by atoms with Gasteiger partial charge in [0, 0.05) is 11.8 Å². The Morgan fingerprint density at radius 2 is 1.69 bits per heavy atom. The summed E-state index contributed by atoms with van der Waals surface area (Å²) in [5.41, 5.74) is 0.627. The summed E-state index contributed by atoms with van der Waals surface area (Å²) in [6.07, 6.45) is 0. The van der Waals surface area contributed by atoms with E-state index in [9.17, 15) is 19.2 Å². The molecule has 0 saturated carbocycles. The second-order valence-corrected chi connectivity index (χ2v) is 5.89. The van der Waals surface area contributed by atoms with E-state index in [1.165, 1.54) is 24.3 Å². The molecular weight excluding hydrogens is 378 g/mol. The minimum absolute atomic E-state index is 0.248. The van der Waals surface area contributed by atoms with Gasteiger partial charge in [-0.25, -0.2) is 9.59 Å². The molecule has 0 bridgehead atoms. The molecule has 148 valence electrons. The maximum atomic E-state index is 12.1. The van der Waals surface area contributed by atoms with Gasteiger partial charge in [-0.15, -0.1) is 0 Å². The van der Waals surface area contributed by atoms with Crippen LogP contribution >= 0.6 is 0 Å². The molecule has 0 saturated heterocycles. The van der Waals surface area contributed by atoms with Crippen LogP contribution in [-0.4, -0.2) is 31.1 Å². The number of carbonyl (C=O) groups excluding carboxylic acids is 3. The lowest BCUT2D eigenvalue weighted by Gasteiger charge is -2.07. The summed E-state index contributed by atoms with van der Waals surface area (Å²) in [6, 6.07) is 13.6. The van der Waals surface area contributed by atoms with Crippen molar-refractivity contribution in [3.05, 3.63) is 76.1 Å². The number of amides is 1. The Kier molecular flexibility index (Phi) is 6.03.